The number of hydrogen-bond donors (Lipinski definition) is 0. The number of rotatable bonds is 4. The molecule has 0 aromatic carbocycles. The van der Waals surface area contributed by atoms with Crippen LogP contribution in [0.1, 0.15) is 6.42 Å². The number of nitrogens with zero attached hydrogens (tertiary/aromatic N) is 4. The average molecular weight is 346 g/mol. The van der Waals surface area contributed by atoms with Crippen LogP contribution in [0.25, 0.3) is 0 Å². The van der Waals surface area contributed by atoms with Gasteiger partial charge in [0.15, 0.2) is 9.84 Å². The van der Waals surface area contributed by atoms with E-state index in [9.17, 15) is 8.42 Å². The van der Waals surface area contributed by atoms with Crippen molar-refractivity contribution in [1.29, 1.82) is 0 Å². The number of ether oxygens (including phenoxy) is 1. The molecule has 4 rings (SSSR count). The van der Waals surface area contributed by atoms with Gasteiger partial charge < -0.3 is 9.64 Å². The van der Waals surface area contributed by atoms with Gasteiger partial charge in [0.25, 0.3) is 0 Å². The Morgan fingerprint density at radius 2 is 1.88 bits per heavy atom. The topological polar surface area (TPSA) is 85.3 Å². The molecule has 24 heavy (non-hydrogen) atoms. The van der Waals surface area contributed by atoms with Gasteiger partial charge in [0.1, 0.15) is 4.75 Å². The summed E-state index contributed by atoms with van der Waals surface area (Å²) in [6.07, 6.45) is 5.61. The van der Waals surface area contributed by atoms with E-state index in [2.05, 4.69) is 15.0 Å². The Kier molecular flexibility index (Phi) is 3.64. The quantitative estimate of drug-likeness (QED) is 0.814. The highest BCUT2D eigenvalue weighted by molar-refractivity contribution is 7.93. The predicted octanol–water partition coefficient (Wildman–Crippen LogP) is 0.944. The van der Waals surface area contributed by atoms with Gasteiger partial charge >= 0.3 is 0 Å². The van der Waals surface area contributed by atoms with Crippen LogP contribution in [0.4, 0.5) is 5.95 Å². The van der Waals surface area contributed by atoms with Crippen molar-refractivity contribution in [2.75, 3.05) is 30.3 Å². The molecule has 2 aliphatic rings. The standard InChI is InChI=1S/C16H18N4O3S/c21-24(22)9-5-13(10-23-14-4-1-2-6-17-14)16(24)11-20(12-16)15-18-7-3-8-19-15/h1-4,6-8,13H,5,9-12H2. The molecule has 2 aliphatic heterocycles. The van der Waals surface area contributed by atoms with Crippen molar-refractivity contribution < 1.29 is 13.2 Å². The summed E-state index contributed by atoms with van der Waals surface area (Å²) in [7, 11) is -3.14. The van der Waals surface area contributed by atoms with Crippen LogP contribution in [-0.4, -0.2) is 53.6 Å². The smallest absolute Gasteiger partial charge is 0.225 e. The lowest BCUT2D eigenvalue weighted by atomic mass is 9.84. The van der Waals surface area contributed by atoms with E-state index in [-0.39, 0.29) is 11.7 Å². The second-order valence-corrected chi connectivity index (χ2v) is 8.70. The fourth-order valence-corrected chi connectivity index (χ4v) is 5.92. The molecule has 0 amide bonds. The molecule has 2 fully saturated rings. The zero-order valence-electron chi connectivity index (χ0n) is 13.1. The molecule has 0 saturated carbocycles. The third-order valence-corrected chi connectivity index (χ3v) is 7.52. The summed E-state index contributed by atoms with van der Waals surface area (Å²) in [4.78, 5) is 14.4. The van der Waals surface area contributed by atoms with Gasteiger partial charge in [0.05, 0.1) is 12.4 Å². The minimum atomic E-state index is -3.14. The van der Waals surface area contributed by atoms with Gasteiger partial charge in [-0.25, -0.2) is 23.4 Å². The second kappa shape index (κ2) is 5.70. The number of sulfone groups is 1. The van der Waals surface area contributed by atoms with Gasteiger partial charge in [-0.15, -0.1) is 0 Å². The molecule has 0 aliphatic carbocycles. The molecule has 1 atom stereocenters. The highest BCUT2D eigenvalue weighted by atomic mass is 32.2. The Hall–Kier alpha value is -2.22. The van der Waals surface area contributed by atoms with E-state index in [1.165, 1.54) is 0 Å². The normalized spacial score (nSPS) is 23.8. The number of aromatic nitrogens is 3. The maximum atomic E-state index is 12.6. The van der Waals surface area contributed by atoms with E-state index in [0.29, 0.717) is 37.9 Å². The van der Waals surface area contributed by atoms with Crippen LogP contribution in [0.2, 0.25) is 0 Å². The first-order valence-corrected chi connectivity index (χ1v) is 9.54. The van der Waals surface area contributed by atoms with E-state index >= 15 is 0 Å². The molecule has 8 heteroatoms. The second-order valence-electron chi connectivity index (χ2n) is 6.25. The molecule has 4 heterocycles. The first-order valence-electron chi connectivity index (χ1n) is 7.89. The molecule has 126 valence electrons. The lowest BCUT2D eigenvalue weighted by Crippen LogP contribution is -2.68. The highest BCUT2D eigenvalue weighted by Crippen LogP contribution is 2.45. The average Bonchev–Trinajstić information content (AvgIpc) is 2.84. The zero-order chi connectivity index (χ0) is 16.6. The monoisotopic (exact) mass is 346 g/mol. The van der Waals surface area contributed by atoms with Crippen LogP contribution in [-0.2, 0) is 9.84 Å². The lowest BCUT2D eigenvalue weighted by Gasteiger charge is -2.49. The Balaban J connectivity index is 1.49. The summed E-state index contributed by atoms with van der Waals surface area (Å²) in [6, 6.07) is 7.19. The summed E-state index contributed by atoms with van der Waals surface area (Å²) in [5.74, 6) is 1.28. The maximum Gasteiger partial charge on any atom is 0.225 e. The Morgan fingerprint density at radius 1 is 1.12 bits per heavy atom. The van der Waals surface area contributed by atoms with Crippen molar-refractivity contribution in [2.45, 2.75) is 11.2 Å². The van der Waals surface area contributed by atoms with E-state index in [0.717, 1.165) is 0 Å². The van der Waals surface area contributed by atoms with Gasteiger partial charge in [-0.05, 0) is 18.6 Å². The van der Waals surface area contributed by atoms with Crippen molar-refractivity contribution in [3.63, 3.8) is 0 Å². The molecule has 2 saturated heterocycles. The molecule has 2 aromatic heterocycles. The van der Waals surface area contributed by atoms with Crippen LogP contribution in [0.15, 0.2) is 42.9 Å². The maximum absolute atomic E-state index is 12.6. The fraction of sp³-hybridized carbons (Fsp3) is 0.438. The molecule has 2 aromatic rings. The third kappa shape index (κ3) is 2.41. The molecule has 1 spiro atoms. The van der Waals surface area contributed by atoms with Gasteiger partial charge in [-0.2, -0.15) is 0 Å². The number of anilines is 1. The summed E-state index contributed by atoms with van der Waals surface area (Å²) in [5, 5.41) is 0. The molecule has 0 radical (unpaired) electrons. The van der Waals surface area contributed by atoms with Crippen molar-refractivity contribution in [1.82, 2.24) is 15.0 Å². The van der Waals surface area contributed by atoms with Gasteiger partial charge in [-0.3, -0.25) is 0 Å². The highest BCUT2D eigenvalue weighted by Gasteiger charge is 2.62. The van der Waals surface area contributed by atoms with Crippen LogP contribution >= 0.6 is 0 Å². The molecular weight excluding hydrogens is 328 g/mol. The first kappa shape index (κ1) is 15.3. The van der Waals surface area contributed by atoms with Crippen molar-refractivity contribution in [3.8, 4) is 5.88 Å². The third-order valence-electron chi connectivity index (χ3n) is 4.92. The zero-order valence-corrected chi connectivity index (χ0v) is 13.9. The summed E-state index contributed by atoms with van der Waals surface area (Å²) < 4.78 is 30.2. The summed E-state index contributed by atoms with van der Waals surface area (Å²) >= 11 is 0. The SMILES string of the molecule is O=S1(=O)CCC(COc2ccccn2)C12CN(c1ncccn1)C2. The van der Waals surface area contributed by atoms with Crippen molar-refractivity contribution in [3.05, 3.63) is 42.9 Å². The first-order chi connectivity index (χ1) is 11.6. The summed E-state index contributed by atoms with van der Waals surface area (Å²) in [6.45, 7) is 1.21. The predicted molar refractivity (Wildman–Crippen MR) is 88.6 cm³/mol. The van der Waals surface area contributed by atoms with E-state index < -0.39 is 14.6 Å². The van der Waals surface area contributed by atoms with E-state index in [1.54, 1.807) is 30.7 Å². The molecule has 0 bridgehead atoms. The Labute approximate surface area is 140 Å². The number of hydrogen-bond acceptors (Lipinski definition) is 7. The van der Waals surface area contributed by atoms with Crippen LogP contribution in [0.3, 0.4) is 0 Å². The largest absolute Gasteiger partial charge is 0.477 e. The van der Waals surface area contributed by atoms with Crippen LogP contribution in [0, 0.1) is 5.92 Å². The minimum Gasteiger partial charge on any atom is -0.477 e. The Morgan fingerprint density at radius 3 is 2.58 bits per heavy atom. The van der Waals surface area contributed by atoms with Gasteiger partial charge in [0, 0.05) is 43.7 Å². The Bertz CT molecular complexity index is 808. The van der Waals surface area contributed by atoms with Crippen molar-refractivity contribution >= 4 is 15.8 Å². The van der Waals surface area contributed by atoms with Crippen LogP contribution in [0.5, 0.6) is 5.88 Å². The molecule has 0 N–H and O–H groups in total. The molecular formula is C16H18N4O3S. The number of pyridine rings is 1. The molecule has 7 nitrogen and oxygen atoms in total. The van der Waals surface area contributed by atoms with Gasteiger partial charge in [0.2, 0.25) is 11.8 Å². The van der Waals surface area contributed by atoms with Crippen molar-refractivity contribution in [2.24, 2.45) is 5.92 Å². The lowest BCUT2D eigenvalue weighted by molar-refractivity contribution is 0.187. The fourth-order valence-electron chi connectivity index (χ4n) is 3.52. The van der Waals surface area contributed by atoms with E-state index in [1.807, 2.05) is 17.0 Å². The van der Waals surface area contributed by atoms with Gasteiger partial charge in [-0.1, -0.05) is 6.07 Å². The minimum absolute atomic E-state index is 0.0375. The van der Waals surface area contributed by atoms with Crippen LogP contribution < -0.4 is 9.64 Å². The van der Waals surface area contributed by atoms with E-state index in [4.69, 9.17) is 4.74 Å². The molecule has 1 unspecified atom stereocenters. The summed E-state index contributed by atoms with van der Waals surface area (Å²) in [5.41, 5.74) is 0.